The Morgan fingerprint density at radius 3 is 2.42 bits per heavy atom. The number of pyridine rings is 1. The van der Waals surface area contributed by atoms with E-state index in [1.165, 1.54) is 35.4 Å². The van der Waals surface area contributed by atoms with Crippen molar-refractivity contribution in [2.75, 3.05) is 23.3 Å². The van der Waals surface area contributed by atoms with Crippen LogP contribution in [0.2, 0.25) is 0 Å². The quantitative estimate of drug-likeness (QED) is 0.393. The number of hydrogen-bond donors (Lipinski definition) is 1. The third-order valence-corrected chi connectivity index (χ3v) is 6.03. The molecule has 5 amide bonds. The predicted molar refractivity (Wildman–Crippen MR) is 116 cm³/mol. The Morgan fingerprint density at radius 1 is 1.15 bits per heavy atom. The molecule has 0 radical (unpaired) electrons. The maximum atomic E-state index is 13.2. The van der Waals surface area contributed by atoms with Crippen molar-refractivity contribution in [1.29, 1.82) is 0 Å². The summed E-state index contributed by atoms with van der Waals surface area (Å²) in [4.78, 5) is 46.1. The maximum Gasteiger partial charge on any atom is 0.446 e. The molecular weight excluding hydrogens is 459 g/mol. The minimum Gasteiger partial charge on any atom is -0.321 e. The molecule has 2 aromatic rings. The largest absolute Gasteiger partial charge is 0.446 e. The average Bonchev–Trinajstić information content (AvgIpc) is 3.55. The van der Waals surface area contributed by atoms with Gasteiger partial charge in [-0.1, -0.05) is 0 Å². The van der Waals surface area contributed by atoms with E-state index in [0.29, 0.717) is 24.5 Å². The first-order valence-corrected chi connectivity index (χ1v) is 10.8. The van der Waals surface area contributed by atoms with Gasteiger partial charge in [-0.25, -0.2) is 19.5 Å². The van der Waals surface area contributed by atoms with Crippen molar-refractivity contribution in [3.8, 4) is 0 Å². The van der Waals surface area contributed by atoms with E-state index in [-0.39, 0.29) is 34.9 Å². The molecule has 174 valence electrons. The summed E-state index contributed by atoms with van der Waals surface area (Å²) in [6, 6.07) is 7.52. The van der Waals surface area contributed by atoms with Gasteiger partial charge in [0.15, 0.2) is 0 Å². The molecule has 1 aromatic carbocycles. The first-order valence-electron chi connectivity index (χ1n) is 9.98. The first-order chi connectivity index (χ1) is 15.5. The van der Waals surface area contributed by atoms with E-state index in [1.807, 2.05) is 0 Å². The number of carbonyl (C=O) groups excluding carboxylic acids is 3. The number of nitrogens with zero attached hydrogens (tertiary/aromatic N) is 4. The van der Waals surface area contributed by atoms with Gasteiger partial charge in [0.2, 0.25) is 0 Å². The Bertz CT molecular complexity index is 1100. The van der Waals surface area contributed by atoms with Crippen molar-refractivity contribution >= 4 is 41.2 Å². The number of nitrogens with one attached hydrogen (secondary N) is 1. The number of urea groups is 2. The second kappa shape index (κ2) is 8.25. The van der Waals surface area contributed by atoms with Crippen LogP contribution >= 0.6 is 11.8 Å². The second-order valence-corrected chi connectivity index (χ2v) is 9.21. The molecule has 4 rings (SSSR count). The van der Waals surface area contributed by atoms with Crippen molar-refractivity contribution in [2.45, 2.75) is 36.3 Å². The molecule has 33 heavy (non-hydrogen) atoms. The normalized spacial score (nSPS) is 17.5. The van der Waals surface area contributed by atoms with Gasteiger partial charge in [-0.15, -0.1) is 0 Å². The number of anilines is 2. The van der Waals surface area contributed by atoms with Gasteiger partial charge in [0.1, 0.15) is 11.4 Å². The highest BCUT2D eigenvalue weighted by Crippen LogP contribution is 2.39. The molecule has 8 nitrogen and oxygen atoms in total. The number of imide groups is 1. The fraction of sp³-hybridized carbons (Fsp3) is 0.333. The summed E-state index contributed by atoms with van der Waals surface area (Å²) >= 11 is -0.271. The lowest BCUT2D eigenvalue weighted by molar-refractivity contribution is -0.123. The Morgan fingerprint density at radius 2 is 1.82 bits per heavy atom. The number of halogens is 3. The third-order valence-electron chi connectivity index (χ3n) is 5.29. The van der Waals surface area contributed by atoms with Gasteiger partial charge < -0.3 is 9.80 Å². The number of hydrogen-bond acceptors (Lipinski definition) is 5. The van der Waals surface area contributed by atoms with Crippen molar-refractivity contribution in [3.63, 3.8) is 0 Å². The van der Waals surface area contributed by atoms with Gasteiger partial charge in [0.25, 0.3) is 5.91 Å². The molecule has 0 unspecified atom stereocenters. The molecule has 0 saturated carbocycles. The van der Waals surface area contributed by atoms with Gasteiger partial charge in [0, 0.05) is 30.7 Å². The molecule has 0 atom stereocenters. The molecular formula is C21H20F3N5O3S. The van der Waals surface area contributed by atoms with Crippen LogP contribution in [0.4, 0.5) is 34.3 Å². The molecule has 0 bridgehead atoms. The minimum absolute atomic E-state index is 0.0460. The molecule has 12 heteroatoms. The van der Waals surface area contributed by atoms with E-state index in [9.17, 15) is 27.6 Å². The SMILES string of the molecule is CC1(C)C(=O)N(c2ccc(SC(F)(F)F)cc2)C(=O)N1Cc1ccnc(NC(=O)N2CC2)c1. The van der Waals surface area contributed by atoms with Crippen LogP contribution < -0.4 is 10.2 Å². The molecule has 1 N–H and O–H groups in total. The van der Waals surface area contributed by atoms with Crippen molar-refractivity contribution in [3.05, 3.63) is 48.2 Å². The predicted octanol–water partition coefficient (Wildman–Crippen LogP) is 4.29. The molecule has 2 aliphatic rings. The Labute approximate surface area is 191 Å². The standard InChI is InChI=1S/C21H20F3N5O3S/c1-20(2)17(30)29(14-3-5-15(6-4-14)33-21(22,23)24)19(32)28(20)12-13-7-8-25-16(11-13)26-18(31)27-9-10-27/h3-8,11H,9-10,12H2,1-2H3,(H,25,26,31). The van der Waals surface area contributed by atoms with Crippen LogP contribution in [0.25, 0.3) is 0 Å². The van der Waals surface area contributed by atoms with E-state index in [2.05, 4.69) is 10.3 Å². The number of rotatable bonds is 5. The lowest BCUT2D eigenvalue weighted by Crippen LogP contribution is -2.43. The lowest BCUT2D eigenvalue weighted by Gasteiger charge is -2.27. The van der Waals surface area contributed by atoms with Crippen LogP contribution in [0.15, 0.2) is 47.5 Å². The fourth-order valence-electron chi connectivity index (χ4n) is 3.39. The summed E-state index contributed by atoms with van der Waals surface area (Å²) in [5.41, 5.74) is -4.78. The van der Waals surface area contributed by atoms with E-state index in [4.69, 9.17) is 0 Å². The van der Waals surface area contributed by atoms with Crippen LogP contribution in [0.1, 0.15) is 19.4 Å². The zero-order chi connectivity index (χ0) is 24.0. The number of thioether (sulfide) groups is 1. The lowest BCUT2D eigenvalue weighted by atomic mass is 10.0. The van der Waals surface area contributed by atoms with E-state index in [1.54, 1.807) is 30.9 Å². The van der Waals surface area contributed by atoms with Crippen LogP contribution in [0.3, 0.4) is 0 Å². The van der Waals surface area contributed by atoms with Crippen LogP contribution in [-0.2, 0) is 11.3 Å². The van der Waals surface area contributed by atoms with Gasteiger partial charge >= 0.3 is 17.6 Å². The molecule has 3 heterocycles. The van der Waals surface area contributed by atoms with E-state index < -0.39 is 23.0 Å². The third kappa shape index (κ3) is 4.90. The summed E-state index contributed by atoms with van der Waals surface area (Å²) in [6.07, 6.45) is 1.50. The Balaban J connectivity index is 1.52. The summed E-state index contributed by atoms with van der Waals surface area (Å²) in [6.45, 7) is 4.66. The van der Waals surface area contributed by atoms with E-state index >= 15 is 0 Å². The number of benzene rings is 1. The molecule has 1 aromatic heterocycles. The number of alkyl halides is 3. The minimum atomic E-state index is -4.43. The highest BCUT2D eigenvalue weighted by Gasteiger charge is 2.51. The van der Waals surface area contributed by atoms with Crippen molar-refractivity contribution in [2.24, 2.45) is 0 Å². The fourth-order valence-corrected chi connectivity index (χ4v) is 3.93. The molecule has 2 fully saturated rings. The maximum absolute atomic E-state index is 13.2. The van der Waals surface area contributed by atoms with Crippen LogP contribution in [0.5, 0.6) is 0 Å². The molecule has 0 spiro atoms. The van der Waals surface area contributed by atoms with E-state index in [0.717, 1.165) is 4.90 Å². The number of amides is 5. The monoisotopic (exact) mass is 479 g/mol. The Hall–Kier alpha value is -3.28. The summed E-state index contributed by atoms with van der Waals surface area (Å²) in [5, 5.41) is 2.68. The Kier molecular flexibility index (Phi) is 5.72. The number of carbonyl (C=O) groups is 3. The highest BCUT2D eigenvalue weighted by molar-refractivity contribution is 8.00. The smallest absolute Gasteiger partial charge is 0.321 e. The topological polar surface area (TPSA) is 85.6 Å². The highest BCUT2D eigenvalue weighted by atomic mass is 32.2. The van der Waals surface area contributed by atoms with Crippen molar-refractivity contribution in [1.82, 2.24) is 14.8 Å². The molecule has 2 saturated heterocycles. The van der Waals surface area contributed by atoms with Crippen LogP contribution in [-0.4, -0.2) is 56.9 Å². The first kappa shape index (κ1) is 22.9. The number of aromatic nitrogens is 1. The molecule has 2 aliphatic heterocycles. The van der Waals surface area contributed by atoms with Gasteiger partial charge in [-0.2, -0.15) is 13.2 Å². The average molecular weight is 479 g/mol. The molecule has 0 aliphatic carbocycles. The second-order valence-electron chi connectivity index (χ2n) is 8.08. The summed E-state index contributed by atoms with van der Waals surface area (Å²) in [7, 11) is 0. The van der Waals surface area contributed by atoms with Gasteiger partial charge in [-0.3, -0.25) is 10.1 Å². The van der Waals surface area contributed by atoms with Gasteiger partial charge in [0.05, 0.1) is 5.69 Å². The summed E-state index contributed by atoms with van der Waals surface area (Å²) in [5.74, 6) is -0.164. The van der Waals surface area contributed by atoms with Gasteiger partial charge in [-0.05, 0) is 67.6 Å². The van der Waals surface area contributed by atoms with Crippen LogP contribution in [0, 0.1) is 0 Å². The van der Waals surface area contributed by atoms with Crippen molar-refractivity contribution < 1.29 is 27.6 Å². The zero-order valence-electron chi connectivity index (χ0n) is 17.7. The summed E-state index contributed by atoms with van der Waals surface area (Å²) < 4.78 is 37.7. The zero-order valence-corrected chi connectivity index (χ0v) is 18.5.